The summed E-state index contributed by atoms with van der Waals surface area (Å²) >= 11 is 2.92. The van der Waals surface area contributed by atoms with Gasteiger partial charge in [-0.05, 0) is 30.1 Å². The van der Waals surface area contributed by atoms with Gasteiger partial charge < -0.3 is 5.11 Å². The topological polar surface area (TPSA) is 58.9 Å². The molecule has 0 radical (unpaired) electrons. The molecule has 0 saturated heterocycles. The number of fused-ring (bicyclic) bond motifs is 1. The fourth-order valence-corrected chi connectivity index (χ4v) is 3.83. The number of benzene rings is 1. The molecule has 1 unspecified atom stereocenters. The summed E-state index contributed by atoms with van der Waals surface area (Å²) in [6, 6.07) is 8.04. The number of hydrogen-bond donors (Lipinski definition) is 1. The van der Waals surface area contributed by atoms with E-state index in [4.69, 9.17) is 0 Å². The molecule has 0 bridgehead atoms. The average molecular weight is 305 g/mol. The lowest BCUT2D eigenvalue weighted by molar-refractivity contribution is 0.181. The minimum absolute atomic E-state index is 0.528. The first-order chi connectivity index (χ1) is 9.78. The number of thiazole rings is 1. The van der Waals surface area contributed by atoms with Crippen LogP contribution in [0.2, 0.25) is 0 Å². The number of aromatic nitrogens is 3. The van der Waals surface area contributed by atoms with Gasteiger partial charge in [-0.15, -0.1) is 16.4 Å². The van der Waals surface area contributed by atoms with Gasteiger partial charge in [0.15, 0.2) is 0 Å². The van der Waals surface area contributed by atoms with E-state index in [-0.39, 0.29) is 0 Å². The summed E-state index contributed by atoms with van der Waals surface area (Å²) in [6.45, 7) is 2.10. The first-order valence-corrected chi connectivity index (χ1v) is 8.20. The largest absolute Gasteiger partial charge is 0.387 e. The lowest BCUT2D eigenvalue weighted by atomic mass is 10.1. The Labute approximate surface area is 125 Å². The summed E-state index contributed by atoms with van der Waals surface area (Å²) in [6.07, 6.45) is 1.84. The van der Waals surface area contributed by atoms with E-state index >= 15 is 0 Å². The number of hydrogen-bond acceptors (Lipinski definition) is 6. The van der Waals surface area contributed by atoms with E-state index in [1.165, 1.54) is 11.5 Å². The number of aliphatic hydroxyl groups is 1. The number of aliphatic hydroxyl groups excluding tert-OH is 1. The van der Waals surface area contributed by atoms with E-state index in [9.17, 15) is 5.11 Å². The second-order valence-electron chi connectivity index (χ2n) is 4.63. The summed E-state index contributed by atoms with van der Waals surface area (Å²) in [5.41, 5.74) is 1.92. The van der Waals surface area contributed by atoms with E-state index in [1.807, 2.05) is 18.2 Å². The van der Waals surface area contributed by atoms with Crippen LogP contribution >= 0.6 is 22.9 Å². The molecule has 4 nitrogen and oxygen atoms in total. The van der Waals surface area contributed by atoms with Crippen LogP contribution in [0, 0.1) is 0 Å². The molecular weight excluding hydrogens is 290 g/mol. The van der Waals surface area contributed by atoms with Crippen LogP contribution in [-0.2, 0) is 12.8 Å². The van der Waals surface area contributed by atoms with Crippen molar-refractivity contribution in [2.24, 2.45) is 0 Å². The second-order valence-corrected chi connectivity index (χ2v) is 6.53. The molecule has 3 rings (SSSR count). The van der Waals surface area contributed by atoms with Gasteiger partial charge in [0.25, 0.3) is 0 Å². The molecule has 2 heterocycles. The van der Waals surface area contributed by atoms with Gasteiger partial charge in [-0.3, -0.25) is 0 Å². The minimum Gasteiger partial charge on any atom is -0.387 e. The molecule has 0 aliphatic carbocycles. The molecule has 20 heavy (non-hydrogen) atoms. The summed E-state index contributed by atoms with van der Waals surface area (Å²) in [7, 11) is 0. The first-order valence-electron chi connectivity index (χ1n) is 6.61. The van der Waals surface area contributed by atoms with Gasteiger partial charge in [0.05, 0.1) is 31.9 Å². The van der Waals surface area contributed by atoms with Crippen molar-refractivity contribution < 1.29 is 5.11 Å². The second kappa shape index (κ2) is 5.95. The number of nitrogens with zero attached hydrogens (tertiary/aromatic N) is 3. The Balaban J connectivity index is 1.81. The number of aryl methyl sites for hydroxylation is 1. The molecule has 6 heteroatoms. The molecule has 1 atom stereocenters. The molecule has 0 saturated carbocycles. The smallest absolute Gasteiger partial charge is 0.0980 e. The molecule has 3 aromatic rings. The first kappa shape index (κ1) is 13.6. The standard InChI is InChI=1S/C14H15N3OS2/c1-2-5-10-14(20-17-16-10)11(18)8-13-15-9-6-3-4-7-12(9)19-13/h3-4,6-7,11,18H,2,5,8H2,1H3. The lowest BCUT2D eigenvalue weighted by Crippen LogP contribution is -2.03. The van der Waals surface area contributed by atoms with Gasteiger partial charge in [-0.2, -0.15) is 0 Å². The molecule has 1 aromatic carbocycles. The highest BCUT2D eigenvalue weighted by Crippen LogP contribution is 2.28. The highest BCUT2D eigenvalue weighted by atomic mass is 32.1. The van der Waals surface area contributed by atoms with Gasteiger partial charge in [-0.25, -0.2) is 4.98 Å². The molecular formula is C14H15N3OS2. The number of para-hydroxylation sites is 1. The highest BCUT2D eigenvalue weighted by molar-refractivity contribution is 7.18. The Kier molecular flexibility index (Phi) is 4.05. The maximum atomic E-state index is 10.4. The Morgan fingerprint density at radius 3 is 2.95 bits per heavy atom. The Morgan fingerprint density at radius 2 is 2.15 bits per heavy atom. The van der Waals surface area contributed by atoms with Gasteiger partial charge in [-0.1, -0.05) is 30.0 Å². The number of rotatable bonds is 5. The van der Waals surface area contributed by atoms with Gasteiger partial charge in [0.2, 0.25) is 0 Å². The van der Waals surface area contributed by atoms with Crippen molar-refractivity contribution in [1.29, 1.82) is 0 Å². The Bertz CT molecular complexity index is 674. The Hall–Kier alpha value is -1.37. The third-order valence-electron chi connectivity index (χ3n) is 3.08. The van der Waals surface area contributed by atoms with Crippen molar-refractivity contribution in [2.75, 3.05) is 0 Å². The lowest BCUT2D eigenvalue weighted by Gasteiger charge is -2.07. The average Bonchev–Trinajstić information content (AvgIpc) is 3.04. The van der Waals surface area contributed by atoms with Crippen molar-refractivity contribution >= 4 is 33.1 Å². The van der Waals surface area contributed by atoms with E-state index in [2.05, 4.69) is 27.6 Å². The molecule has 0 spiro atoms. The zero-order chi connectivity index (χ0) is 13.9. The third-order valence-corrected chi connectivity index (χ3v) is 5.01. The van der Waals surface area contributed by atoms with E-state index in [1.54, 1.807) is 11.3 Å². The van der Waals surface area contributed by atoms with Crippen LogP contribution in [0.25, 0.3) is 10.2 Å². The summed E-state index contributed by atoms with van der Waals surface area (Å²) < 4.78 is 5.12. The molecule has 0 aliphatic heterocycles. The minimum atomic E-state index is -0.558. The quantitative estimate of drug-likeness (QED) is 0.785. The van der Waals surface area contributed by atoms with E-state index in [0.29, 0.717) is 6.42 Å². The maximum absolute atomic E-state index is 10.4. The molecule has 1 N–H and O–H groups in total. The van der Waals surface area contributed by atoms with Crippen LogP contribution in [0.5, 0.6) is 0 Å². The summed E-state index contributed by atoms with van der Waals surface area (Å²) in [5, 5.41) is 15.4. The third kappa shape index (κ3) is 2.72. The molecule has 2 aromatic heterocycles. The zero-order valence-electron chi connectivity index (χ0n) is 11.1. The normalized spacial score (nSPS) is 12.9. The SMILES string of the molecule is CCCc1nnsc1C(O)Cc1nc2ccccc2s1. The highest BCUT2D eigenvalue weighted by Gasteiger charge is 2.18. The van der Waals surface area contributed by atoms with Crippen LogP contribution in [-0.4, -0.2) is 19.7 Å². The predicted molar refractivity (Wildman–Crippen MR) is 82.2 cm³/mol. The zero-order valence-corrected chi connectivity index (χ0v) is 12.7. The molecule has 104 valence electrons. The van der Waals surface area contributed by atoms with E-state index < -0.39 is 6.10 Å². The van der Waals surface area contributed by atoms with E-state index in [0.717, 1.165) is 38.6 Å². The molecule has 0 fully saturated rings. The maximum Gasteiger partial charge on any atom is 0.0980 e. The fraction of sp³-hybridized carbons (Fsp3) is 0.357. The van der Waals surface area contributed by atoms with Crippen LogP contribution < -0.4 is 0 Å². The van der Waals surface area contributed by atoms with Gasteiger partial charge in [0.1, 0.15) is 0 Å². The Morgan fingerprint density at radius 1 is 1.30 bits per heavy atom. The van der Waals surface area contributed by atoms with Crippen LogP contribution in [0.3, 0.4) is 0 Å². The van der Waals surface area contributed by atoms with Gasteiger partial charge in [0, 0.05) is 6.42 Å². The van der Waals surface area contributed by atoms with Crippen LogP contribution in [0.1, 0.15) is 35.0 Å². The van der Waals surface area contributed by atoms with Crippen LogP contribution in [0.15, 0.2) is 24.3 Å². The van der Waals surface area contributed by atoms with Crippen molar-refractivity contribution in [2.45, 2.75) is 32.3 Å². The van der Waals surface area contributed by atoms with Crippen molar-refractivity contribution in [3.8, 4) is 0 Å². The van der Waals surface area contributed by atoms with Gasteiger partial charge >= 0.3 is 0 Å². The van der Waals surface area contributed by atoms with Crippen molar-refractivity contribution in [1.82, 2.24) is 14.6 Å². The predicted octanol–water partition coefficient (Wildman–Crippen LogP) is 3.38. The molecule has 0 aliphatic rings. The monoisotopic (exact) mass is 305 g/mol. The molecule has 0 amide bonds. The van der Waals surface area contributed by atoms with Crippen molar-refractivity contribution in [3.63, 3.8) is 0 Å². The van der Waals surface area contributed by atoms with Crippen LogP contribution in [0.4, 0.5) is 0 Å². The van der Waals surface area contributed by atoms with Crippen molar-refractivity contribution in [3.05, 3.63) is 39.8 Å². The summed E-state index contributed by atoms with van der Waals surface area (Å²) in [4.78, 5) is 5.44. The summed E-state index contributed by atoms with van der Waals surface area (Å²) in [5.74, 6) is 0. The fourth-order valence-electron chi connectivity index (χ4n) is 2.14.